The maximum atomic E-state index is 13.7. The van der Waals surface area contributed by atoms with Gasteiger partial charge in [-0.05, 0) is 79.8 Å². The molecule has 1 heterocycles. The Balaban J connectivity index is 1.73. The average molecular weight is 484 g/mol. The van der Waals surface area contributed by atoms with Crippen LogP contribution in [0.5, 0.6) is 5.75 Å². The molecule has 0 radical (unpaired) electrons. The van der Waals surface area contributed by atoms with Gasteiger partial charge in [0.1, 0.15) is 11.9 Å². The number of carbonyl (C=O) groups is 1. The highest BCUT2D eigenvalue weighted by molar-refractivity contribution is 7.92. The first-order valence-corrected chi connectivity index (χ1v) is 13.4. The molecule has 2 aromatic carbocycles. The Bertz CT molecular complexity index is 1190. The van der Waals surface area contributed by atoms with Gasteiger partial charge in [-0.1, -0.05) is 43.7 Å². The van der Waals surface area contributed by atoms with Crippen LogP contribution in [0.25, 0.3) is 6.08 Å². The van der Waals surface area contributed by atoms with E-state index >= 15 is 0 Å². The second kappa shape index (κ2) is 9.82. The number of nitrogens with zero attached hydrogens (tertiary/aromatic N) is 1. The lowest BCUT2D eigenvalue weighted by atomic mass is 9.80. The van der Waals surface area contributed by atoms with Crippen LogP contribution < -0.4 is 9.04 Å². The minimum absolute atomic E-state index is 0.0741. The molecule has 0 bridgehead atoms. The number of aliphatic carboxylic acids is 1. The van der Waals surface area contributed by atoms with Crippen molar-refractivity contribution in [2.24, 2.45) is 11.8 Å². The van der Waals surface area contributed by atoms with E-state index in [0.29, 0.717) is 23.3 Å². The molecule has 4 rings (SSSR count). The summed E-state index contributed by atoms with van der Waals surface area (Å²) >= 11 is 0. The van der Waals surface area contributed by atoms with E-state index in [1.54, 1.807) is 18.2 Å². The summed E-state index contributed by atoms with van der Waals surface area (Å²) in [5.74, 6) is 0.819. The number of hydrogen-bond acceptors (Lipinski definition) is 4. The van der Waals surface area contributed by atoms with Crippen LogP contribution in [0.15, 0.2) is 52.9 Å². The van der Waals surface area contributed by atoms with E-state index < -0.39 is 22.1 Å². The predicted molar refractivity (Wildman–Crippen MR) is 134 cm³/mol. The molecule has 2 aromatic rings. The van der Waals surface area contributed by atoms with Crippen molar-refractivity contribution in [3.8, 4) is 5.75 Å². The van der Waals surface area contributed by atoms with Gasteiger partial charge in [0.25, 0.3) is 10.0 Å². The third-order valence-electron chi connectivity index (χ3n) is 6.57. The number of hydrogen-bond donors (Lipinski definition) is 1. The standard InChI is InChI=1S/C27H33NO5S/c1-18-5-4-6-24(14-18)34(31,32)28-17-23(8-10-27(29)30)33-26-9-7-21(16-25(26)28)15-22-12-19(2)11-20(3)13-22/h4-7,9,14-16,19-20,23H,8,10-13,17H2,1-3H3,(H,29,30)/b22-15-/t19-,20+,23+/m1/s1. The largest absolute Gasteiger partial charge is 0.486 e. The Morgan fingerprint density at radius 3 is 2.56 bits per heavy atom. The quantitative estimate of drug-likeness (QED) is 0.573. The lowest BCUT2D eigenvalue weighted by Gasteiger charge is -2.35. The molecule has 1 N–H and O–H groups in total. The van der Waals surface area contributed by atoms with Crippen LogP contribution >= 0.6 is 0 Å². The molecule has 6 nitrogen and oxygen atoms in total. The van der Waals surface area contributed by atoms with Gasteiger partial charge in [-0.3, -0.25) is 9.10 Å². The molecule has 0 saturated heterocycles. The normalized spacial score (nSPS) is 23.9. The van der Waals surface area contributed by atoms with E-state index in [4.69, 9.17) is 9.84 Å². The van der Waals surface area contributed by atoms with Gasteiger partial charge in [0.05, 0.1) is 17.1 Å². The minimum atomic E-state index is -3.85. The summed E-state index contributed by atoms with van der Waals surface area (Å²) in [6, 6.07) is 12.5. The summed E-state index contributed by atoms with van der Waals surface area (Å²) in [6.45, 7) is 6.48. The monoisotopic (exact) mass is 483 g/mol. The lowest BCUT2D eigenvalue weighted by Crippen LogP contribution is -2.43. The molecule has 0 aromatic heterocycles. The summed E-state index contributed by atoms with van der Waals surface area (Å²) in [4.78, 5) is 11.3. The first-order valence-electron chi connectivity index (χ1n) is 11.9. The van der Waals surface area contributed by atoms with Gasteiger partial charge in [0, 0.05) is 6.42 Å². The highest BCUT2D eigenvalue weighted by Gasteiger charge is 2.35. The number of ether oxygens (including phenoxy) is 1. The van der Waals surface area contributed by atoms with Gasteiger partial charge >= 0.3 is 5.97 Å². The fourth-order valence-corrected chi connectivity index (χ4v) is 6.77. The Labute approximate surface area is 202 Å². The topological polar surface area (TPSA) is 83.9 Å². The number of rotatable bonds is 6. The molecule has 7 heteroatoms. The number of allylic oxidation sites excluding steroid dienone is 1. The van der Waals surface area contributed by atoms with Crippen LogP contribution in [0.4, 0.5) is 5.69 Å². The number of aryl methyl sites for hydroxylation is 1. The van der Waals surface area contributed by atoms with E-state index in [1.807, 2.05) is 31.2 Å². The Kier molecular flexibility index (Phi) is 7.03. The van der Waals surface area contributed by atoms with Gasteiger partial charge in [-0.25, -0.2) is 8.42 Å². The first kappa shape index (κ1) is 24.3. The Hall–Kier alpha value is -2.80. The van der Waals surface area contributed by atoms with Crippen molar-refractivity contribution in [1.82, 2.24) is 0 Å². The van der Waals surface area contributed by atoms with Crippen molar-refractivity contribution in [3.05, 3.63) is 59.2 Å². The highest BCUT2D eigenvalue weighted by Crippen LogP contribution is 2.40. The molecule has 0 amide bonds. The van der Waals surface area contributed by atoms with Crippen LogP contribution in [-0.4, -0.2) is 32.1 Å². The van der Waals surface area contributed by atoms with Crippen LogP contribution in [0, 0.1) is 18.8 Å². The number of benzene rings is 2. The fourth-order valence-electron chi connectivity index (χ4n) is 5.17. The summed E-state index contributed by atoms with van der Waals surface area (Å²) in [5.41, 5.74) is 3.69. The second-order valence-electron chi connectivity index (χ2n) is 9.91. The van der Waals surface area contributed by atoms with E-state index in [9.17, 15) is 13.2 Å². The zero-order chi connectivity index (χ0) is 24.5. The first-order chi connectivity index (χ1) is 16.1. The molecular weight excluding hydrogens is 450 g/mol. The van der Waals surface area contributed by atoms with Crippen LogP contribution in [0.3, 0.4) is 0 Å². The molecular formula is C27H33NO5S. The predicted octanol–water partition coefficient (Wildman–Crippen LogP) is 5.66. The number of carboxylic acids is 1. The number of fused-ring (bicyclic) bond motifs is 1. The molecule has 1 aliphatic heterocycles. The van der Waals surface area contributed by atoms with Gasteiger partial charge in [0.15, 0.2) is 0 Å². The third kappa shape index (κ3) is 5.46. The van der Waals surface area contributed by atoms with Crippen LogP contribution in [-0.2, 0) is 14.8 Å². The summed E-state index contributed by atoms with van der Waals surface area (Å²) in [5, 5.41) is 9.11. The Morgan fingerprint density at radius 1 is 1.15 bits per heavy atom. The van der Waals surface area contributed by atoms with Crippen molar-refractivity contribution in [1.29, 1.82) is 0 Å². The highest BCUT2D eigenvalue weighted by atomic mass is 32.2. The molecule has 1 fully saturated rings. The molecule has 0 unspecified atom stereocenters. The van der Waals surface area contributed by atoms with Crippen molar-refractivity contribution >= 4 is 27.8 Å². The molecule has 0 spiro atoms. The molecule has 2 aliphatic rings. The molecule has 3 atom stereocenters. The third-order valence-corrected chi connectivity index (χ3v) is 8.35. The molecule has 34 heavy (non-hydrogen) atoms. The zero-order valence-electron chi connectivity index (χ0n) is 20.0. The maximum absolute atomic E-state index is 13.7. The lowest BCUT2D eigenvalue weighted by molar-refractivity contribution is -0.137. The smallest absolute Gasteiger partial charge is 0.303 e. The van der Waals surface area contributed by atoms with Crippen molar-refractivity contribution in [2.75, 3.05) is 10.8 Å². The van der Waals surface area contributed by atoms with Crippen LogP contribution in [0.2, 0.25) is 0 Å². The fraction of sp³-hybridized carbons (Fsp3) is 0.444. The number of sulfonamides is 1. The molecule has 1 aliphatic carbocycles. The maximum Gasteiger partial charge on any atom is 0.303 e. The van der Waals surface area contributed by atoms with E-state index in [0.717, 1.165) is 24.0 Å². The summed E-state index contributed by atoms with van der Waals surface area (Å²) < 4.78 is 34.9. The van der Waals surface area contributed by atoms with Crippen molar-refractivity contribution in [3.63, 3.8) is 0 Å². The molecule has 182 valence electrons. The van der Waals surface area contributed by atoms with E-state index in [1.165, 1.54) is 16.3 Å². The second-order valence-corrected chi connectivity index (χ2v) is 11.8. The van der Waals surface area contributed by atoms with Crippen LogP contribution in [0.1, 0.15) is 57.1 Å². The zero-order valence-corrected chi connectivity index (χ0v) is 20.8. The van der Waals surface area contributed by atoms with Gasteiger partial charge in [0.2, 0.25) is 0 Å². The molecule has 1 saturated carbocycles. The minimum Gasteiger partial charge on any atom is -0.486 e. The average Bonchev–Trinajstić information content (AvgIpc) is 2.76. The Morgan fingerprint density at radius 2 is 1.88 bits per heavy atom. The van der Waals surface area contributed by atoms with Gasteiger partial charge < -0.3 is 9.84 Å². The number of carboxylic acid groups (broad SMARTS) is 1. The summed E-state index contributed by atoms with van der Waals surface area (Å²) in [6.07, 6.45) is 5.14. The van der Waals surface area contributed by atoms with Crippen molar-refractivity contribution in [2.45, 2.75) is 63.9 Å². The van der Waals surface area contributed by atoms with Crippen molar-refractivity contribution < 1.29 is 23.1 Å². The van der Waals surface area contributed by atoms with Gasteiger partial charge in [-0.15, -0.1) is 0 Å². The number of anilines is 1. The summed E-state index contributed by atoms with van der Waals surface area (Å²) in [7, 11) is -3.85. The van der Waals surface area contributed by atoms with E-state index in [2.05, 4.69) is 19.9 Å². The van der Waals surface area contributed by atoms with Gasteiger partial charge in [-0.2, -0.15) is 0 Å². The SMILES string of the molecule is Cc1cccc(S(=O)(=O)N2C[C@H](CCC(=O)O)Oc3ccc(/C=C4\C[C@@H](C)C[C@@H](C)C4)cc32)c1. The van der Waals surface area contributed by atoms with E-state index in [-0.39, 0.29) is 24.3 Å².